The third kappa shape index (κ3) is 20.1. The average molecular weight is 2080 g/mol. The molecule has 19 aromatic rings. The molecule has 0 bridgehead atoms. The van der Waals surface area contributed by atoms with E-state index in [4.69, 9.17) is 79.6 Å². The van der Waals surface area contributed by atoms with Crippen LogP contribution in [0.3, 0.4) is 0 Å². The lowest BCUT2D eigenvalue weighted by atomic mass is 9.92. The van der Waals surface area contributed by atoms with Gasteiger partial charge in [0.05, 0.1) is 76.3 Å². The fourth-order valence-corrected chi connectivity index (χ4v) is 24.1. The molecule has 5 aliphatic rings. The molecule has 0 amide bonds. The maximum absolute atomic E-state index is 15.7. The van der Waals surface area contributed by atoms with Gasteiger partial charge in [-0.3, -0.25) is 0 Å². The molecule has 0 spiro atoms. The van der Waals surface area contributed by atoms with Crippen LogP contribution in [0.1, 0.15) is 100 Å². The molecule has 34 heteroatoms. The number of fused-ring (bicyclic) bond motifs is 8. The summed E-state index contributed by atoms with van der Waals surface area (Å²) in [6.07, 6.45) is 13.1. The first-order chi connectivity index (χ1) is 70.1. The smallest absolute Gasteiger partial charge is 0.177 e. The van der Waals surface area contributed by atoms with Crippen LogP contribution in [0.2, 0.25) is 25.1 Å². The summed E-state index contributed by atoms with van der Waals surface area (Å²) in [5.74, 6) is 0.495. The van der Waals surface area contributed by atoms with Crippen LogP contribution in [0.15, 0.2) is 200 Å². The number of anilines is 8. The second-order valence-corrected chi connectivity index (χ2v) is 40.9. The van der Waals surface area contributed by atoms with Crippen molar-refractivity contribution in [2.75, 3.05) is 140 Å². The van der Waals surface area contributed by atoms with Gasteiger partial charge in [-0.05, 0) is 199 Å². The van der Waals surface area contributed by atoms with Gasteiger partial charge in [-0.1, -0.05) is 199 Å². The average Bonchev–Trinajstić information content (AvgIpc) is 1.47. The van der Waals surface area contributed by atoms with E-state index in [1.807, 2.05) is 153 Å². The Morgan fingerprint density at radius 1 is 0.417 bits per heavy atom. The van der Waals surface area contributed by atoms with Crippen molar-refractivity contribution >= 4 is 223 Å². The van der Waals surface area contributed by atoms with Crippen molar-refractivity contribution in [1.29, 1.82) is 0 Å². The summed E-state index contributed by atoms with van der Waals surface area (Å²) >= 11 is 37.0. The van der Waals surface area contributed by atoms with E-state index in [-0.39, 0.29) is 22.8 Å². The fourth-order valence-electron chi connectivity index (χ4n) is 20.0. The number of piperidine rings is 3. The summed E-state index contributed by atoms with van der Waals surface area (Å²) in [5.41, 5.74) is 24.3. The third-order valence-corrected chi connectivity index (χ3v) is 31.5. The van der Waals surface area contributed by atoms with E-state index in [1.165, 1.54) is 77.6 Å². The van der Waals surface area contributed by atoms with E-state index in [2.05, 4.69) is 116 Å². The van der Waals surface area contributed by atoms with Gasteiger partial charge < -0.3 is 57.0 Å². The van der Waals surface area contributed by atoms with Crippen molar-refractivity contribution in [3.8, 4) is 61.8 Å². The SMILES string of the molecule is CNc1cc2ccccc2c(-c2c(Cl)cc3c(N4CCCCC4)snc3c2F)n1.Cc1nc2c(N3CCNCC3)nnc(-c3ccccc3C(C)C)c2cc1-c1c(O)cccc1F.Clc1cc2c(Cc3ccccc3)nncc2c(N2CCNCC2)c1Cl.Nc1cc(-c2c(Cl)cc3c(N4CCCCC4)snc3c2F)c2ccccc2n1.Nc1cc2ccccc2c(-c2c(Cl)cc3c(N4CCCCC4)snc3c2F)n1. The molecule has 5 aliphatic heterocycles. The normalized spacial score (nSPS) is 14.7. The molecule has 22 nitrogen and oxygen atoms in total. The lowest BCUT2D eigenvalue weighted by Gasteiger charge is -2.31. The highest BCUT2D eigenvalue weighted by atomic mass is 35.5. The Hall–Kier alpha value is -12.8. The van der Waals surface area contributed by atoms with Gasteiger partial charge in [0.25, 0.3) is 0 Å². The summed E-state index contributed by atoms with van der Waals surface area (Å²) < 4.78 is 75.2. The van der Waals surface area contributed by atoms with Crippen molar-refractivity contribution in [3.05, 3.63) is 271 Å². The van der Waals surface area contributed by atoms with Crippen LogP contribution < -0.4 is 51.9 Å². The van der Waals surface area contributed by atoms with Gasteiger partial charge >= 0.3 is 0 Å². The number of piperazine rings is 2. The molecule has 0 radical (unpaired) electrons. The first-order valence-electron chi connectivity index (χ1n) is 48.4. The van der Waals surface area contributed by atoms with Crippen LogP contribution in [-0.4, -0.2) is 157 Å². The largest absolute Gasteiger partial charge is 0.507 e. The number of para-hydroxylation sites is 1. The molecule has 0 unspecified atom stereocenters. The number of hydrogen-bond donors (Lipinski definition) is 6. The number of nitrogen functional groups attached to an aromatic ring is 2. The Morgan fingerprint density at radius 2 is 0.917 bits per heavy atom. The highest BCUT2D eigenvalue weighted by Gasteiger charge is 2.32. The molecule has 24 rings (SSSR count). The zero-order chi connectivity index (χ0) is 99.5. The Bertz CT molecular complexity index is 7830. The van der Waals surface area contributed by atoms with E-state index in [9.17, 15) is 9.50 Å². The van der Waals surface area contributed by atoms with E-state index in [0.717, 1.165) is 238 Å². The van der Waals surface area contributed by atoms with E-state index >= 15 is 13.2 Å². The van der Waals surface area contributed by atoms with Crippen LogP contribution in [0.25, 0.3) is 143 Å². The number of phenolic OH excluding ortho intramolecular Hbond substituents is 1. The summed E-state index contributed by atoms with van der Waals surface area (Å²) in [4.78, 5) is 29.7. The monoisotopic (exact) mass is 2080 g/mol. The third-order valence-electron chi connectivity index (χ3n) is 27.1. The minimum atomic E-state index is -0.488. The topological polar surface area (TPSA) is 266 Å². The molecule has 144 heavy (non-hydrogen) atoms. The van der Waals surface area contributed by atoms with Gasteiger partial charge in [0.1, 0.15) is 71.8 Å². The number of rotatable bonds is 14. The molecule has 0 aliphatic carbocycles. The van der Waals surface area contributed by atoms with Gasteiger partial charge in [0.2, 0.25) is 0 Å². The zero-order valence-electron chi connectivity index (χ0n) is 79.5. The number of aryl methyl sites for hydroxylation is 1. The highest BCUT2D eigenvalue weighted by Crippen LogP contribution is 2.50. The Balaban J connectivity index is 0.000000110. The van der Waals surface area contributed by atoms with E-state index in [1.54, 1.807) is 25.4 Å². The van der Waals surface area contributed by atoms with Crippen LogP contribution in [0, 0.1) is 30.2 Å². The van der Waals surface area contributed by atoms with Crippen LogP contribution in [0.5, 0.6) is 5.75 Å². The summed E-state index contributed by atoms with van der Waals surface area (Å²) in [5, 5.41) is 52.9. The van der Waals surface area contributed by atoms with Crippen molar-refractivity contribution in [2.45, 2.75) is 90.9 Å². The molecule has 734 valence electrons. The zero-order valence-corrected chi connectivity index (χ0v) is 85.7. The first kappa shape index (κ1) is 98.6. The van der Waals surface area contributed by atoms with Crippen molar-refractivity contribution in [2.24, 2.45) is 0 Å². The number of aromatic nitrogens is 11. The Labute approximate surface area is 867 Å². The molecule has 0 saturated carbocycles. The molecule has 5 fully saturated rings. The fraction of sp³-hybridized carbons (Fsp3) is 0.264. The number of halogens is 9. The summed E-state index contributed by atoms with van der Waals surface area (Å²) in [6, 6.07) is 60.5. The number of pyridine rings is 4. The highest BCUT2D eigenvalue weighted by molar-refractivity contribution is 7.12. The molecule has 8 N–H and O–H groups in total. The van der Waals surface area contributed by atoms with Crippen molar-refractivity contribution in [3.63, 3.8) is 0 Å². The number of aromatic hydroxyl groups is 1. The molecular weight excluding hydrogens is 1980 g/mol. The van der Waals surface area contributed by atoms with Gasteiger partial charge in [0, 0.05) is 176 Å². The quantitative estimate of drug-likeness (QED) is 0.0553. The van der Waals surface area contributed by atoms with Gasteiger partial charge in [0.15, 0.2) is 23.3 Å². The number of nitrogens with two attached hydrogens (primary N) is 2. The molecule has 0 atom stereocenters. The number of nitrogens with one attached hydrogen (secondary N) is 3. The number of benzene rings is 10. The minimum Gasteiger partial charge on any atom is -0.507 e. The number of hydrogen-bond acceptors (Lipinski definition) is 25. The maximum Gasteiger partial charge on any atom is 0.177 e. The predicted molar refractivity (Wildman–Crippen MR) is 590 cm³/mol. The first-order valence-corrected chi connectivity index (χ1v) is 52.6. The second-order valence-electron chi connectivity index (χ2n) is 36.7. The predicted octanol–water partition coefficient (Wildman–Crippen LogP) is 27.1. The van der Waals surface area contributed by atoms with Crippen molar-refractivity contribution < 1.29 is 22.7 Å². The van der Waals surface area contributed by atoms with Crippen LogP contribution in [0.4, 0.5) is 61.5 Å². The standard InChI is InChI=1S/C27H28FN5O.C22H20ClFN4S.2C21H18ClFN4S.C19H18Cl2N4/c1-16(2)18-7-4-5-8-19(18)25-21-15-20(24-22(28)9-6-10-23(24)34)17(3)30-26(21)27(32-31-25)33-13-11-29-12-14-33;1-25-17-11-13-7-3-4-8-14(13)20(26-17)18-16(23)12-15-21(19(18)24)27-29-22(15)28-9-5-2-6-10-28;22-15-10-14-20(26-28-21(14)27-8-4-1-5-9-27)19(23)18(15)13-11-17(24)25-16-7-3-2-6-12(13)16;22-15-11-14-20(26-28-21(14)27-8-4-1-5-9-27)18(23)17(15)19-13-7-3-2-6-12(13)10-16(24)25-19;20-16-11-14-15(19(18(16)21)25-8-6-22-7-9-25)12-23-24-17(14)10-13-4-2-1-3-5-13/h4-10,15-16,29,34H,11-14H2,1-3H3;3-4,7-8,11-12H,2,5-6,9-10H2,1H3,(H,25,26);2*2-3,6-7,10-11H,1,4-5,8-9H2,(H2,24,25);1-5,11-12,22H,6-10H2. The summed E-state index contributed by atoms with van der Waals surface area (Å²) in [7, 11) is 1.80. The molecular formula is C110H102Cl5F4N21OS3. The molecule has 9 aromatic heterocycles. The van der Waals surface area contributed by atoms with E-state index < -0.39 is 23.3 Å². The number of nitrogens with zero attached hydrogens (tertiary/aromatic N) is 16. The van der Waals surface area contributed by atoms with Gasteiger partial charge in [-0.25, -0.2) is 37.5 Å². The van der Waals surface area contributed by atoms with Crippen LogP contribution >= 0.6 is 92.6 Å². The Kier molecular flexibility index (Phi) is 29.9. The van der Waals surface area contributed by atoms with Crippen molar-refractivity contribution in [1.82, 2.24) is 64.1 Å². The molecule has 10 aromatic carbocycles. The lowest BCUT2D eigenvalue weighted by molar-refractivity contribution is 0.472. The molecule has 14 heterocycles. The second kappa shape index (κ2) is 43.6. The van der Waals surface area contributed by atoms with Gasteiger partial charge in [-0.15, -0.1) is 10.2 Å². The lowest BCUT2D eigenvalue weighted by Crippen LogP contribution is -2.44. The Morgan fingerprint density at radius 3 is 1.49 bits per heavy atom. The molecule has 5 saturated heterocycles. The summed E-state index contributed by atoms with van der Waals surface area (Å²) in [6.45, 7) is 19.0. The van der Waals surface area contributed by atoms with Gasteiger partial charge in [-0.2, -0.15) is 23.3 Å². The van der Waals surface area contributed by atoms with E-state index in [0.29, 0.717) is 116 Å². The van der Waals surface area contributed by atoms with Crippen LogP contribution in [-0.2, 0) is 6.42 Å². The number of phenols is 1. The minimum absolute atomic E-state index is 0.113. The maximum atomic E-state index is 15.7.